The fourth-order valence-electron chi connectivity index (χ4n) is 4.04. The minimum atomic E-state index is -0.484. The lowest BCUT2D eigenvalue weighted by molar-refractivity contribution is 0.102. The Balaban J connectivity index is 1.58. The lowest BCUT2D eigenvalue weighted by atomic mass is 10.0. The van der Waals surface area contributed by atoms with Gasteiger partial charge in [-0.1, -0.05) is 6.07 Å². The number of aryl methyl sites for hydroxylation is 1. The van der Waals surface area contributed by atoms with Crippen LogP contribution in [0.2, 0.25) is 0 Å². The maximum Gasteiger partial charge on any atom is 0.260 e. The van der Waals surface area contributed by atoms with Crippen molar-refractivity contribution in [2.24, 2.45) is 0 Å². The highest BCUT2D eigenvalue weighted by Crippen LogP contribution is 2.32. The summed E-state index contributed by atoms with van der Waals surface area (Å²) >= 11 is 0. The predicted molar refractivity (Wildman–Crippen MR) is 125 cm³/mol. The second kappa shape index (κ2) is 9.01. The first-order valence-corrected chi connectivity index (χ1v) is 11.1. The van der Waals surface area contributed by atoms with Gasteiger partial charge in [0, 0.05) is 35.6 Å². The molecule has 0 fully saturated rings. The average molecular weight is 458 g/mol. The third kappa shape index (κ3) is 4.24. The van der Waals surface area contributed by atoms with Gasteiger partial charge in [0.15, 0.2) is 5.82 Å². The standard InChI is InChI=1S/C25H23FN6O2/c1-15-9-17(13-27-12-15)18-10-19-22(11-20(18)26)34-8-4-5-16(2)32-14-28-31-24(32)21-6-3-7-23(29-21)30-25(19)33/h3,6-7,9-14,16H,4-5,8H2,1-2H3,(H,29,30,33)/t16-/m0/s1. The molecule has 4 heterocycles. The number of pyridine rings is 2. The number of anilines is 1. The number of nitrogens with one attached hydrogen (secondary N) is 1. The number of amides is 1. The Morgan fingerprint density at radius 1 is 1.18 bits per heavy atom. The number of carbonyl (C=O) groups is 1. The Labute approximate surface area is 195 Å². The highest BCUT2D eigenvalue weighted by molar-refractivity contribution is 6.06. The van der Waals surface area contributed by atoms with E-state index in [1.54, 1.807) is 30.9 Å². The van der Waals surface area contributed by atoms with Crippen molar-refractivity contribution in [2.75, 3.05) is 11.9 Å². The van der Waals surface area contributed by atoms with Crippen LogP contribution in [0.15, 0.2) is 55.1 Å². The van der Waals surface area contributed by atoms with E-state index in [0.717, 1.165) is 12.0 Å². The smallest absolute Gasteiger partial charge is 0.260 e. The van der Waals surface area contributed by atoms with Crippen molar-refractivity contribution in [3.63, 3.8) is 0 Å². The number of fused-ring (bicyclic) bond motifs is 5. The summed E-state index contributed by atoms with van der Waals surface area (Å²) in [6.07, 6.45) is 6.41. The molecule has 1 N–H and O–H groups in total. The number of ether oxygens (including phenoxy) is 1. The Hall–Kier alpha value is -4.14. The summed E-state index contributed by atoms with van der Waals surface area (Å²) in [5.41, 5.74) is 2.57. The van der Waals surface area contributed by atoms with Crippen LogP contribution in [0.25, 0.3) is 22.6 Å². The van der Waals surface area contributed by atoms with E-state index in [0.29, 0.717) is 35.9 Å². The van der Waals surface area contributed by atoms with Crippen LogP contribution in [0.5, 0.6) is 5.75 Å². The zero-order chi connectivity index (χ0) is 23.7. The molecule has 1 aliphatic heterocycles. The molecule has 172 valence electrons. The van der Waals surface area contributed by atoms with Crippen molar-refractivity contribution in [1.82, 2.24) is 24.7 Å². The molecule has 0 unspecified atom stereocenters. The zero-order valence-electron chi connectivity index (χ0n) is 18.8. The molecule has 0 aliphatic carbocycles. The maximum atomic E-state index is 15.1. The molecule has 9 heteroatoms. The molecule has 0 radical (unpaired) electrons. The van der Waals surface area contributed by atoms with Gasteiger partial charge < -0.3 is 14.6 Å². The third-order valence-electron chi connectivity index (χ3n) is 5.79. The predicted octanol–water partition coefficient (Wildman–Crippen LogP) is 4.84. The second-order valence-electron chi connectivity index (χ2n) is 8.34. The Morgan fingerprint density at radius 3 is 2.91 bits per heavy atom. The highest BCUT2D eigenvalue weighted by Gasteiger charge is 2.21. The number of nitrogens with zero attached hydrogens (tertiary/aromatic N) is 5. The Bertz CT molecular complexity index is 1370. The fourth-order valence-corrected chi connectivity index (χ4v) is 4.04. The first-order chi connectivity index (χ1) is 16.5. The van der Waals surface area contributed by atoms with Crippen LogP contribution >= 0.6 is 0 Å². The molecule has 34 heavy (non-hydrogen) atoms. The number of rotatable bonds is 1. The molecule has 1 amide bonds. The van der Waals surface area contributed by atoms with Crippen LogP contribution < -0.4 is 10.1 Å². The average Bonchev–Trinajstić information content (AvgIpc) is 3.31. The van der Waals surface area contributed by atoms with Gasteiger partial charge in [0.05, 0.1) is 12.2 Å². The van der Waals surface area contributed by atoms with Gasteiger partial charge in [0.2, 0.25) is 0 Å². The minimum Gasteiger partial charge on any atom is -0.493 e. The van der Waals surface area contributed by atoms with E-state index in [9.17, 15) is 4.79 Å². The van der Waals surface area contributed by atoms with Gasteiger partial charge in [0.25, 0.3) is 5.91 Å². The monoisotopic (exact) mass is 458 g/mol. The van der Waals surface area contributed by atoms with Crippen molar-refractivity contribution in [2.45, 2.75) is 32.7 Å². The van der Waals surface area contributed by atoms with E-state index < -0.39 is 11.7 Å². The van der Waals surface area contributed by atoms with Gasteiger partial charge in [-0.25, -0.2) is 9.37 Å². The van der Waals surface area contributed by atoms with Gasteiger partial charge in [-0.05, 0) is 56.5 Å². The molecule has 3 aromatic heterocycles. The fraction of sp³-hybridized carbons (Fsp3) is 0.240. The highest BCUT2D eigenvalue weighted by atomic mass is 19.1. The maximum absolute atomic E-state index is 15.1. The van der Waals surface area contributed by atoms with Crippen LogP contribution in [0.1, 0.15) is 41.7 Å². The number of carbonyl (C=O) groups excluding carboxylic acids is 1. The molecular weight excluding hydrogens is 435 g/mol. The molecule has 1 aliphatic rings. The summed E-state index contributed by atoms with van der Waals surface area (Å²) in [6, 6.07) is 10.00. The van der Waals surface area contributed by atoms with E-state index in [-0.39, 0.29) is 22.9 Å². The molecule has 0 saturated heterocycles. The second-order valence-corrected chi connectivity index (χ2v) is 8.34. The van der Waals surface area contributed by atoms with Gasteiger partial charge in [0.1, 0.15) is 29.4 Å². The normalized spacial score (nSPS) is 16.0. The zero-order valence-corrected chi connectivity index (χ0v) is 18.8. The minimum absolute atomic E-state index is 0.101. The third-order valence-corrected chi connectivity index (χ3v) is 5.79. The molecule has 0 saturated carbocycles. The van der Waals surface area contributed by atoms with Crippen molar-refractivity contribution < 1.29 is 13.9 Å². The van der Waals surface area contributed by atoms with E-state index in [4.69, 9.17) is 4.74 Å². The van der Waals surface area contributed by atoms with Crippen LogP contribution in [-0.4, -0.2) is 37.2 Å². The van der Waals surface area contributed by atoms with E-state index in [2.05, 4.69) is 32.4 Å². The number of halogens is 1. The molecule has 4 aromatic rings. The summed E-state index contributed by atoms with van der Waals surface area (Å²) in [7, 11) is 0. The van der Waals surface area contributed by atoms with Gasteiger partial charge in [-0.3, -0.25) is 9.78 Å². The lowest BCUT2D eigenvalue weighted by Gasteiger charge is -2.18. The number of aromatic nitrogens is 5. The first-order valence-electron chi connectivity index (χ1n) is 11.1. The van der Waals surface area contributed by atoms with Gasteiger partial charge in [-0.15, -0.1) is 10.2 Å². The van der Waals surface area contributed by atoms with Crippen LogP contribution in [-0.2, 0) is 0 Å². The number of hydrogen-bond donors (Lipinski definition) is 1. The number of benzene rings is 1. The van der Waals surface area contributed by atoms with Crippen molar-refractivity contribution >= 4 is 11.7 Å². The van der Waals surface area contributed by atoms with E-state index in [1.165, 1.54) is 12.1 Å². The summed E-state index contributed by atoms with van der Waals surface area (Å²) in [6.45, 7) is 4.28. The quantitative estimate of drug-likeness (QED) is 0.439. The summed E-state index contributed by atoms with van der Waals surface area (Å²) in [4.78, 5) is 22.0. The van der Waals surface area contributed by atoms with E-state index in [1.807, 2.05) is 23.6 Å². The van der Waals surface area contributed by atoms with E-state index >= 15 is 4.39 Å². The summed E-state index contributed by atoms with van der Waals surface area (Å²) in [5.74, 6) is 0.218. The SMILES string of the molecule is Cc1cncc(-c2cc3c(cc2F)OCCC[C@H](C)n2cnnc2-c2cccc(n2)NC3=O)c1. The first kappa shape index (κ1) is 21.7. The van der Waals surface area contributed by atoms with Crippen molar-refractivity contribution in [1.29, 1.82) is 0 Å². The Kier molecular flexibility index (Phi) is 5.75. The molecule has 1 aromatic carbocycles. The molecular formula is C25H23FN6O2. The van der Waals surface area contributed by atoms with Crippen LogP contribution in [0, 0.1) is 12.7 Å². The summed E-state index contributed by atoms with van der Waals surface area (Å²) < 4.78 is 22.9. The Morgan fingerprint density at radius 2 is 2.06 bits per heavy atom. The lowest BCUT2D eigenvalue weighted by Crippen LogP contribution is -2.17. The molecule has 0 spiro atoms. The molecule has 8 nitrogen and oxygen atoms in total. The van der Waals surface area contributed by atoms with Crippen LogP contribution in [0.4, 0.5) is 10.2 Å². The van der Waals surface area contributed by atoms with Gasteiger partial charge >= 0.3 is 0 Å². The van der Waals surface area contributed by atoms with Crippen LogP contribution in [0.3, 0.4) is 0 Å². The van der Waals surface area contributed by atoms with Crippen molar-refractivity contribution in [3.05, 3.63) is 72.1 Å². The summed E-state index contributed by atoms with van der Waals surface area (Å²) in [5, 5.41) is 11.1. The molecule has 5 rings (SSSR count). The van der Waals surface area contributed by atoms with Gasteiger partial charge in [-0.2, -0.15) is 0 Å². The number of hydrogen-bond acceptors (Lipinski definition) is 6. The van der Waals surface area contributed by atoms with Crippen molar-refractivity contribution in [3.8, 4) is 28.4 Å². The largest absolute Gasteiger partial charge is 0.493 e. The molecule has 1 atom stereocenters. The topological polar surface area (TPSA) is 94.8 Å². The molecule has 2 bridgehead atoms.